The van der Waals surface area contributed by atoms with Gasteiger partial charge in [-0.2, -0.15) is 0 Å². The number of methoxy groups -OCH3 is 1. The summed E-state index contributed by atoms with van der Waals surface area (Å²) in [6.07, 6.45) is 0. The summed E-state index contributed by atoms with van der Waals surface area (Å²) in [5.41, 5.74) is 2.19. The number of guanidine groups is 1. The van der Waals surface area contributed by atoms with Gasteiger partial charge in [0.25, 0.3) is 0 Å². The summed E-state index contributed by atoms with van der Waals surface area (Å²) in [7, 11) is 1.70. The lowest BCUT2D eigenvalue weighted by Gasteiger charge is -2.37. The lowest BCUT2D eigenvalue weighted by molar-refractivity contribution is 0.372. The van der Waals surface area contributed by atoms with Crippen LogP contribution in [-0.2, 0) is 6.54 Å². The van der Waals surface area contributed by atoms with Gasteiger partial charge in [0, 0.05) is 44.5 Å². The number of piperazine rings is 1. The van der Waals surface area contributed by atoms with Gasteiger partial charge in [0.2, 0.25) is 0 Å². The Kier molecular flexibility index (Phi) is 6.41. The third-order valence-corrected chi connectivity index (χ3v) is 4.65. The van der Waals surface area contributed by atoms with E-state index in [1.54, 1.807) is 19.2 Å². The predicted molar refractivity (Wildman–Crippen MR) is 110 cm³/mol. The molecule has 0 saturated carbocycles. The molecule has 0 aliphatic carbocycles. The van der Waals surface area contributed by atoms with Crippen molar-refractivity contribution in [2.45, 2.75) is 13.5 Å². The zero-order valence-corrected chi connectivity index (χ0v) is 16.1. The third kappa shape index (κ3) is 5.06. The quantitative estimate of drug-likeness (QED) is 0.628. The summed E-state index contributed by atoms with van der Waals surface area (Å²) in [5, 5.41) is 13.0. The zero-order valence-electron chi connectivity index (χ0n) is 16.1. The fourth-order valence-corrected chi connectivity index (χ4v) is 3.23. The number of phenolic OH excluding ortho intramolecular Hbond substituents is 1. The number of hydrogen-bond donors (Lipinski definition) is 2. The van der Waals surface area contributed by atoms with Gasteiger partial charge in [-0.15, -0.1) is 0 Å². The van der Waals surface area contributed by atoms with Crippen LogP contribution in [0.3, 0.4) is 0 Å². The van der Waals surface area contributed by atoms with E-state index in [1.165, 1.54) is 5.69 Å². The number of aliphatic imine (C=N–C) groups is 1. The second-order valence-corrected chi connectivity index (χ2v) is 6.52. The van der Waals surface area contributed by atoms with Crippen LogP contribution in [0.25, 0.3) is 0 Å². The van der Waals surface area contributed by atoms with Crippen molar-refractivity contribution < 1.29 is 9.84 Å². The van der Waals surface area contributed by atoms with Crippen LogP contribution >= 0.6 is 0 Å². The van der Waals surface area contributed by atoms with Crippen molar-refractivity contribution in [1.29, 1.82) is 0 Å². The molecule has 1 fully saturated rings. The van der Waals surface area contributed by atoms with Crippen molar-refractivity contribution >= 4 is 11.6 Å². The maximum atomic E-state index is 9.62. The van der Waals surface area contributed by atoms with Gasteiger partial charge < -0.3 is 25.0 Å². The van der Waals surface area contributed by atoms with E-state index >= 15 is 0 Å². The minimum Gasteiger partial charge on any atom is -0.508 e. The Bertz CT molecular complexity index is 770. The first-order valence-corrected chi connectivity index (χ1v) is 9.39. The minimum absolute atomic E-state index is 0.277. The molecule has 2 aromatic rings. The lowest BCUT2D eigenvalue weighted by Crippen LogP contribution is -2.52. The first-order chi connectivity index (χ1) is 13.2. The van der Waals surface area contributed by atoms with E-state index in [1.807, 2.05) is 24.3 Å². The first-order valence-electron chi connectivity index (χ1n) is 9.39. The Morgan fingerprint density at radius 2 is 1.89 bits per heavy atom. The van der Waals surface area contributed by atoms with E-state index < -0.39 is 0 Å². The summed E-state index contributed by atoms with van der Waals surface area (Å²) >= 11 is 0. The maximum absolute atomic E-state index is 9.62. The Labute approximate surface area is 161 Å². The number of benzene rings is 2. The molecule has 0 bridgehead atoms. The van der Waals surface area contributed by atoms with Crippen LogP contribution in [0, 0.1) is 0 Å². The molecule has 3 rings (SSSR count). The first kappa shape index (κ1) is 18.9. The molecule has 1 aliphatic heterocycles. The minimum atomic E-state index is 0.277. The Morgan fingerprint density at radius 3 is 2.59 bits per heavy atom. The monoisotopic (exact) mass is 368 g/mol. The predicted octanol–water partition coefficient (Wildman–Crippen LogP) is 2.69. The average Bonchev–Trinajstić information content (AvgIpc) is 2.71. The van der Waals surface area contributed by atoms with Crippen molar-refractivity contribution in [3.63, 3.8) is 0 Å². The molecular formula is C21H28N4O2. The van der Waals surface area contributed by atoms with Gasteiger partial charge in [-0.3, -0.25) is 0 Å². The highest BCUT2D eigenvalue weighted by Gasteiger charge is 2.20. The number of anilines is 1. The molecule has 1 saturated heterocycles. The van der Waals surface area contributed by atoms with Crippen molar-refractivity contribution in [2.75, 3.05) is 44.7 Å². The van der Waals surface area contributed by atoms with Crippen LogP contribution in [0.4, 0.5) is 5.69 Å². The molecule has 2 aromatic carbocycles. The molecule has 0 amide bonds. The number of aromatic hydroxyl groups is 1. The van der Waals surface area contributed by atoms with Gasteiger partial charge in [-0.05, 0) is 36.8 Å². The average molecular weight is 368 g/mol. The van der Waals surface area contributed by atoms with E-state index in [2.05, 4.69) is 34.2 Å². The fourth-order valence-electron chi connectivity index (χ4n) is 3.23. The number of nitrogens with one attached hydrogen (secondary N) is 1. The topological polar surface area (TPSA) is 60.3 Å². The molecule has 0 spiro atoms. The van der Waals surface area contributed by atoms with E-state index in [0.29, 0.717) is 6.54 Å². The molecule has 1 heterocycles. The second kappa shape index (κ2) is 9.16. The SMILES string of the molecule is CCNC(=NCc1cccc(O)c1)N1CCN(c2cccc(OC)c2)CC1. The standard InChI is InChI=1S/C21H28N4O2/c1-3-22-21(23-16-17-6-4-8-19(26)14-17)25-12-10-24(11-13-25)18-7-5-9-20(15-18)27-2/h4-9,14-15,26H,3,10-13,16H2,1-2H3,(H,22,23). The van der Waals surface area contributed by atoms with Gasteiger partial charge in [-0.25, -0.2) is 4.99 Å². The molecule has 6 nitrogen and oxygen atoms in total. The smallest absolute Gasteiger partial charge is 0.194 e. The summed E-state index contributed by atoms with van der Waals surface area (Å²) in [6.45, 7) is 7.14. The number of phenols is 1. The Balaban J connectivity index is 1.63. The molecule has 0 radical (unpaired) electrons. The van der Waals surface area contributed by atoms with Gasteiger partial charge >= 0.3 is 0 Å². The molecule has 0 atom stereocenters. The van der Waals surface area contributed by atoms with Gasteiger partial charge in [-0.1, -0.05) is 18.2 Å². The molecule has 0 unspecified atom stereocenters. The second-order valence-electron chi connectivity index (χ2n) is 6.52. The van der Waals surface area contributed by atoms with Crippen LogP contribution in [0.1, 0.15) is 12.5 Å². The number of ether oxygens (including phenoxy) is 1. The number of rotatable bonds is 5. The molecule has 1 aliphatic rings. The highest BCUT2D eigenvalue weighted by Crippen LogP contribution is 2.22. The zero-order chi connectivity index (χ0) is 19.1. The lowest BCUT2D eigenvalue weighted by atomic mass is 10.2. The normalized spacial score (nSPS) is 15.0. The molecular weight excluding hydrogens is 340 g/mol. The van der Waals surface area contributed by atoms with E-state index in [9.17, 15) is 5.11 Å². The van der Waals surface area contributed by atoms with Gasteiger partial charge in [0.1, 0.15) is 11.5 Å². The molecule has 0 aromatic heterocycles. The number of nitrogens with zero attached hydrogens (tertiary/aromatic N) is 3. The summed E-state index contributed by atoms with van der Waals surface area (Å²) in [5.74, 6) is 2.08. The number of hydrogen-bond acceptors (Lipinski definition) is 4. The molecule has 27 heavy (non-hydrogen) atoms. The van der Waals surface area contributed by atoms with Crippen molar-refractivity contribution in [3.8, 4) is 11.5 Å². The van der Waals surface area contributed by atoms with Crippen LogP contribution in [0.15, 0.2) is 53.5 Å². The summed E-state index contributed by atoms with van der Waals surface area (Å²) in [6, 6.07) is 15.5. The molecule has 144 valence electrons. The van der Waals surface area contributed by atoms with Gasteiger partial charge in [0.05, 0.1) is 13.7 Å². The van der Waals surface area contributed by atoms with Crippen molar-refractivity contribution in [3.05, 3.63) is 54.1 Å². The van der Waals surface area contributed by atoms with Crippen LogP contribution in [0.5, 0.6) is 11.5 Å². The van der Waals surface area contributed by atoms with Crippen LogP contribution in [0.2, 0.25) is 0 Å². The summed E-state index contributed by atoms with van der Waals surface area (Å²) < 4.78 is 5.34. The third-order valence-electron chi connectivity index (χ3n) is 4.65. The van der Waals surface area contributed by atoms with E-state index in [4.69, 9.17) is 9.73 Å². The van der Waals surface area contributed by atoms with Crippen molar-refractivity contribution in [1.82, 2.24) is 10.2 Å². The molecule has 2 N–H and O–H groups in total. The Morgan fingerprint density at radius 1 is 1.11 bits per heavy atom. The highest BCUT2D eigenvalue weighted by atomic mass is 16.5. The van der Waals surface area contributed by atoms with E-state index in [0.717, 1.165) is 50.0 Å². The summed E-state index contributed by atoms with van der Waals surface area (Å²) in [4.78, 5) is 9.42. The highest BCUT2D eigenvalue weighted by molar-refractivity contribution is 5.80. The van der Waals surface area contributed by atoms with Gasteiger partial charge in [0.15, 0.2) is 5.96 Å². The largest absolute Gasteiger partial charge is 0.508 e. The molecule has 6 heteroatoms. The fraction of sp³-hybridized carbons (Fsp3) is 0.381. The van der Waals surface area contributed by atoms with Crippen LogP contribution in [-0.4, -0.2) is 55.8 Å². The maximum Gasteiger partial charge on any atom is 0.194 e. The Hall–Kier alpha value is -2.89. The van der Waals surface area contributed by atoms with Crippen molar-refractivity contribution in [2.24, 2.45) is 4.99 Å². The van der Waals surface area contributed by atoms with Crippen LogP contribution < -0.4 is 15.0 Å². The van der Waals surface area contributed by atoms with E-state index in [-0.39, 0.29) is 5.75 Å².